The lowest BCUT2D eigenvalue weighted by atomic mass is 9.97. The Morgan fingerprint density at radius 3 is 2.62 bits per heavy atom. The maximum Gasteiger partial charge on any atom is 0.332 e. The third-order valence-corrected chi connectivity index (χ3v) is 6.69. The first-order valence-corrected chi connectivity index (χ1v) is 10.9. The van der Waals surface area contributed by atoms with Gasteiger partial charge in [0.25, 0.3) is 5.56 Å². The Labute approximate surface area is 172 Å². The number of nitrogens with zero attached hydrogens (tertiary/aromatic N) is 2. The van der Waals surface area contributed by atoms with Gasteiger partial charge in [-0.2, -0.15) is 0 Å². The number of fused-ring (bicyclic) bond motifs is 3. The topological polar surface area (TPSA) is 70.3 Å². The molecule has 3 aromatic rings. The first-order chi connectivity index (χ1) is 14.1. The molecule has 1 aliphatic rings. The molecule has 0 amide bonds. The number of esters is 1. The lowest BCUT2D eigenvalue weighted by molar-refractivity contribution is -0.143. The van der Waals surface area contributed by atoms with Gasteiger partial charge in [-0.25, -0.2) is 9.36 Å². The molecule has 0 fully saturated rings. The van der Waals surface area contributed by atoms with E-state index < -0.39 is 11.7 Å². The molecule has 0 unspecified atom stereocenters. The van der Waals surface area contributed by atoms with Crippen LogP contribution in [0, 0.1) is 0 Å². The second kappa shape index (κ2) is 8.37. The fourth-order valence-corrected chi connectivity index (χ4v) is 5.37. The smallest absolute Gasteiger partial charge is 0.332 e. The van der Waals surface area contributed by atoms with E-state index in [1.165, 1.54) is 4.88 Å². The predicted octanol–water partition coefficient (Wildman–Crippen LogP) is 2.91. The molecule has 2 heterocycles. The molecular weight excluding hydrogens is 388 g/mol. The van der Waals surface area contributed by atoms with Crippen molar-refractivity contribution in [2.75, 3.05) is 6.61 Å². The Morgan fingerprint density at radius 1 is 1.10 bits per heavy atom. The fraction of sp³-hybridized carbons (Fsp3) is 0.409. The van der Waals surface area contributed by atoms with Gasteiger partial charge in [0.15, 0.2) is 0 Å². The third kappa shape index (κ3) is 3.79. The number of carbonyl (C=O) groups is 1. The van der Waals surface area contributed by atoms with E-state index in [0.717, 1.165) is 46.2 Å². The monoisotopic (exact) mass is 412 g/mol. The summed E-state index contributed by atoms with van der Waals surface area (Å²) in [5.74, 6) is -0.565. The van der Waals surface area contributed by atoms with Gasteiger partial charge in [0, 0.05) is 11.4 Å². The van der Waals surface area contributed by atoms with Crippen molar-refractivity contribution in [1.29, 1.82) is 0 Å². The highest BCUT2D eigenvalue weighted by Crippen LogP contribution is 2.34. The summed E-state index contributed by atoms with van der Waals surface area (Å²) in [7, 11) is 0. The summed E-state index contributed by atoms with van der Waals surface area (Å²) in [6.45, 7) is 2.03. The van der Waals surface area contributed by atoms with Crippen LogP contribution in [0.2, 0.25) is 0 Å². The number of hydrogen-bond acceptors (Lipinski definition) is 5. The summed E-state index contributed by atoms with van der Waals surface area (Å²) in [5.41, 5.74) is 1.38. The molecular formula is C22H24N2O4S. The van der Waals surface area contributed by atoms with Gasteiger partial charge in [0.2, 0.25) is 0 Å². The fourth-order valence-electron chi connectivity index (χ4n) is 3.97. The first-order valence-electron chi connectivity index (χ1n) is 10.1. The molecule has 29 heavy (non-hydrogen) atoms. The van der Waals surface area contributed by atoms with E-state index in [2.05, 4.69) is 0 Å². The molecule has 152 valence electrons. The zero-order valence-corrected chi connectivity index (χ0v) is 17.3. The van der Waals surface area contributed by atoms with Crippen molar-refractivity contribution in [3.05, 3.63) is 67.2 Å². The number of ether oxygens (including phenoxy) is 1. The molecule has 0 saturated carbocycles. The van der Waals surface area contributed by atoms with Gasteiger partial charge in [0.05, 0.1) is 12.0 Å². The van der Waals surface area contributed by atoms with E-state index in [-0.39, 0.29) is 18.7 Å². The molecule has 0 N–H and O–H groups in total. The SMILES string of the molecule is CCOC(=O)Cn1c(=O)c2c3c(sc2n(CCc2ccccc2)c1=O)CCCC3. The minimum atomic E-state index is -0.565. The Kier molecular flexibility index (Phi) is 5.67. The highest BCUT2D eigenvalue weighted by Gasteiger charge is 2.24. The van der Waals surface area contributed by atoms with Crippen molar-refractivity contribution in [2.45, 2.75) is 52.1 Å². The summed E-state index contributed by atoms with van der Waals surface area (Å²) in [5, 5.41) is 0.613. The van der Waals surface area contributed by atoms with Crippen LogP contribution in [0.1, 0.15) is 35.8 Å². The molecule has 1 aromatic carbocycles. The van der Waals surface area contributed by atoms with E-state index in [1.54, 1.807) is 22.8 Å². The van der Waals surface area contributed by atoms with Crippen molar-refractivity contribution in [3.63, 3.8) is 0 Å². The van der Waals surface area contributed by atoms with Gasteiger partial charge in [-0.3, -0.25) is 14.2 Å². The molecule has 0 atom stereocenters. The molecule has 7 heteroatoms. The summed E-state index contributed by atoms with van der Waals surface area (Å²) in [6.07, 6.45) is 4.61. The van der Waals surface area contributed by atoms with Gasteiger partial charge in [0.1, 0.15) is 11.4 Å². The molecule has 0 spiro atoms. The van der Waals surface area contributed by atoms with Crippen molar-refractivity contribution >= 4 is 27.5 Å². The maximum absolute atomic E-state index is 13.2. The molecule has 0 bridgehead atoms. The number of thiophene rings is 1. The molecule has 4 rings (SSSR count). The zero-order valence-electron chi connectivity index (χ0n) is 16.5. The minimum absolute atomic E-state index is 0.214. The van der Waals surface area contributed by atoms with Crippen LogP contribution in [0.4, 0.5) is 0 Å². The number of hydrogen-bond donors (Lipinski definition) is 0. The summed E-state index contributed by atoms with van der Waals surface area (Å²) < 4.78 is 7.71. The standard InChI is InChI=1S/C22H24N2O4S/c1-2-28-18(25)14-24-20(26)19-16-10-6-7-11-17(16)29-21(19)23(22(24)27)13-12-15-8-4-3-5-9-15/h3-5,8-9H,2,6-7,10-14H2,1H3. The molecule has 6 nitrogen and oxygen atoms in total. The highest BCUT2D eigenvalue weighted by molar-refractivity contribution is 7.18. The van der Waals surface area contributed by atoms with E-state index >= 15 is 0 Å². The van der Waals surface area contributed by atoms with Gasteiger partial charge in [-0.05, 0) is 50.2 Å². The average Bonchev–Trinajstić information content (AvgIpc) is 3.11. The van der Waals surface area contributed by atoms with E-state index in [0.29, 0.717) is 18.4 Å². The normalized spacial score (nSPS) is 13.4. The zero-order chi connectivity index (χ0) is 20.4. The molecule has 0 saturated heterocycles. The second-order valence-corrected chi connectivity index (χ2v) is 8.34. The van der Waals surface area contributed by atoms with Crippen LogP contribution in [0.25, 0.3) is 10.2 Å². The number of benzene rings is 1. The van der Waals surface area contributed by atoms with Crippen molar-refractivity contribution < 1.29 is 9.53 Å². The highest BCUT2D eigenvalue weighted by atomic mass is 32.1. The van der Waals surface area contributed by atoms with Crippen molar-refractivity contribution in [2.24, 2.45) is 0 Å². The molecule has 0 radical (unpaired) electrons. The Hall–Kier alpha value is -2.67. The van der Waals surface area contributed by atoms with Crippen LogP contribution in [0.3, 0.4) is 0 Å². The second-order valence-electron chi connectivity index (χ2n) is 7.26. The predicted molar refractivity (Wildman–Crippen MR) is 114 cm³/mol. The summed E-state index contributed by atoms with van der Waals surface area (Å²) in [4.78, 5) is 40.4. The first kappa shape index (κ1) is 19.6. The molecule has 0 aliphatic heterocycles. The van der Waals surface area contributed by atoms with E-state index in [9.17, 15) is 14.4 Å². The third-order valence-electron chi connectivity index (χ3n) is 5.38. The number of aromatic nitrogens is 2. The Balaban J connectivity index is 1.85. The van der Waals surface area contributed by atoms with Gasteiger partial charge < -0.3 is 4.74 Å². The van der Waals surface area contributed by atoms with Crippen LogP contribution in [0.5, 0.6) is 0 Å². The lowest BCUT2D eigenvalue weighted by Gasteiger charge is -2.13. The average molecular weight is 413 g/mol. The van der Waals surface area contributed by atoms with Crippen LogP contribution in [-0.4, -0.2) is 21.7 Å². The quantitative estimate of drug-likeness (QED) is 0.584. The number of aryl methyl sites for hydroxylation is 4. The van der Waals surface area contributed by atoms with Crippen molar-refractivity contribution in [1.82, 2.24) is 9.13 Å². The number of rotatable bonds is 6. The van der Waals surface area contributed by atoms with Gasteiger partial charge in [-0.15, -0.1) is 11.3 Å². The van der Waals surface area contributed by atoms with Crippen LogP contribution < -0.4 is 11.2 Å². The summed E-state index contributed by atoms with van der Waals surface area (Å²) in [6, 6.07) is 9.95. The van der Waals surface area contributed by atoms with E-state index in [4.69, 9.17) is 4.74 Å². The minimum Gasteiger partial charge on any atom is -0.465 e. The van der Waals surface area contributed by atoms with Gasteiger partial charge >= 0.3 is 11.7 Å². The molecule has 2 aromatic heterocycles. The van der Waals surface area contributed by atoms with E-state index in [1.807, 2.05) is 30.3 Å². The number of carbonyl (C=O) groups excluding carboxylic acids is 1. The summed E-state index contributed by atoms with van der Waals surface area (Å²) >= 11 is 1.56. The largest absolute Gasteiger partial charge is 0.465 e. The van der Waals surface area contributed by atoms with Crippen molar-refractivity contribution in [3.8, 4) is 0 Å². The molecule has 1 aliphatic carbocycles. The Morgan fingerprint density at radius 2 is 1.86 bits per heavy atom. The van der Waals surface area contributed by atoms with Gasteiger partial charge in [-0.1, -0.05) is 30.3 Å². The van der Waals surface area contributed by atoms with Crippen LogP contribution in [0.15, 0.2) is 39.9 Å². The maximum atomic E-state index is 13.2. The lowest BCUT2D eigenvalue weighted by Crippen LogP contribution is -2.42. The Bertz CT molecular complexity index is 1160. The van der Waals surface area contributed by atoms with Crippen LogP contribution >= 0.6 is 11.3 Å². The van der Waals surface area contributed by atoms with Crippen LogP contribution in [-0.2, 0) is 41.9 Å².